The van der Waals surface area contributed by atoms with Crippen molar-refractivity contribution in [1.29, 1.82) is 0 Å². The SMILES string of the molecule is CN(Cc1ccc(F)cc1)C(=O)Cc1ccc2c(c1)[nH]c1cc(F)ccc12. The van der Waals surface area contributed by atoms with E-state index in [1.807, 2.05) is 18.2 Å². The van der Waals surface area contributed by atoms with Gasteiger partial charge in [-0.25, -0.2) is 8.78 Å². The summed E-state index contributed by atoms with van der Waals surface area (Å²) in [7, 11) is 1.73. The topological polar surface area (TPSA) is 36.1 Å². The number of hydrogen-bond acceptors (Lipinski definition) is 1. The number of carbonyl (C=O) groups excluding carboxylic acids is 1. The van der Waals surface area contributed by atoms with E-state index in [4.69, 9.17) is 0 Å². The molecule has 0 fully saturated rings. The number of fused-ring (bicyclic) bond motifs is 3. The fraction of sp³-hybridized carbons (Fsp3) is 0.136. The van der Waals surface area contributed by atoms with Crippen LogP contribution in [0.15, 0.2) is 60.7 Å². The zero-order valence-corrected chi connectivity index (χ0v) is 14.8. The standard InChI is InChI=1S/C22H18F2N2O/c1-26(13-14-2-5-16(23)6-3-14)22(27)11-15-4-8-18-19-9-7-17(24)12-21(19)25-20(18)10-15/h2-10,12,25H,11,13H2,1H3. The molecule has 0 aliphatic heterocycles. The highest BCUT2D eigenvalue weighted by molar-refractivity contribution is 6.07. The van der Waals surface area contributed by atoms with E-state index in [1.165, 1.54) is 24.3 Å². The van der Waals surface area contributed by atoms with Crippen LogP contribution >= 0.6 is 0 Å². The molecule has 0 aliphatic rings. The molecule has 3 aromatic carbocycles. The van der Waals surface area contributed by atoms with Gasteiger partial charge in [0.15, 0.2) is 0 Å². The average Bonchev–Trinajstić information content (AvgIpc) is 3.00. The van der Waals surface area contributed by atoms with Crippen LogP contribution < -0.4 is 0 Å². The quantitative estimate of drug-likeness (QED) is 0.555. The Morgan fingerprint density at radius 1 is 0.852 bits per heavy atom. The maximum Gasteiger partial charge on any atom is 0.227 e. The second-order valence-corrected chi connectivity index (χ2v) is 6.75. The Morgan fingerprint density at radius 2 is 1.44 bits per heavy atom. The lowest BCUT2D eigenvalue weighted by Crippen LogP contribution is -2.27. The van der Waals surface area contributed by atoms with Crippen LogP contribution in [0.1, 0.15) is 11.1 Å². The number of amides is 1. The maximum absolute atomic E-state index is 13.4. The van der Waals surface area contributed by atoms with Crippen molar-refractivity contribution in [3.05, 3.63) is 83.4 Å². The number of benzene rings is 3. The Balaban J connectivity index is 1.52. The van der Waals surface area contributed by atoms with Gasteiger partial charge in [0, 0.05) is 35.4 Å². The molecule has 27 heavy (non-hydrogen) atoms. The lowest BCUT2D eigenvalue weighted by Gasteiger charge is -2.17. The Kier molecular flexibility index (Phi) is 4.36. The van der Waals surface area contributed by atoms with Gasteiger partial charge in [-0.1, -0.05) is 24.3 Å². The smallest absolute Gasteiger partial charge is 0.227 e. The molecular weight excluding hydrogens is 346 g/mol. The third kappa shape index (κ3) is 3.53. The van der Waals surface area contributed by atoms with E-state index in [9.17, 15) is 13.6 Å². The summed E-state index contributed by atoms with van der Waals surface area (Å²) in [6.07, 6.45) is 0.261. The molecule has 0 spiro atoms. The highest BCUT2D eigenvalue weighted by Crippen LogP contribution is 2.27. The molecule has 1 heterocycles. The minimum atomic E-state index is -0.292. The maximum atomic E-state index is 13.4. The van der Waals surface area contributed by atoms with Gasteiger partial charge in [0.05, 0.1) is 6.42 Å². The summed E-state index contributed by atoms with van der Waals surface area (Å²) >= 11 is 0. The molecule has 4 rings (SSSR count). The van der Waals surface area contributed by atoms with Crippen LogP contribution in [0.25, 0.3) is 21.8 Å². The molecule has 4 aromatic rings. The second kappa shape index (κ2) is 6.83. The Bertz CT molecular complexity index is 1130. The van der Waals surface area contributed by atoms with Crippen molar-refractivity contribution in [3.63, 3.8) is 0 Å². The van der Waals surface area contributed by atoms with E-state index >= 15 is 0 Å². The van der Waals surface area contributed by atoms with E-state index < -0.39 is 0 Å². The summed E-state index contributed by atoms with van der Waals surface area (Å²) < 4.78 is 26.4. The summed E-state index contributed by atoms with van der Waals surface area (Å²) in [5, 5.41) is 1.96. The van der Waals surface area contributed by atoms with Crippen LogP contribution in [0.2, 0.25) is 0 Å². The van der Waals surface area contributed by atoms with Crippen molar-refractivity contribution < 1.29 is 13.6 Å². The summed E-state index contributed by atoms with van der Waals surface area (Å²) in [5.41, 5.74) is 3.37. The molecule has 0 aliphatic carbocycles. The fourth-order valence-electron chi connectivity index (χ4n) is 3.30. The number of rotatable bonds is 4. The summed E-state index contributed by atoms with van der Waals surface area (Å²) in [6, 6.07) is 16.6. The summed E-state index contributed by atoms with van der Waals surface area (Å²) in [4.78, 5) is 17.4. The third-order valence-electron chi connectivity index (χ3n) is 4.74. The number of carbonyl (C=O) groups is 1. The lowest BCUT2D eigenvalue weighted by molar-refractivity contribution is -0.129. The molecule has 0 radical (unpaired) electrons. The molecule has 0 saturated heterocycles. The predicted molar refractivity (Wildman–Crippen MR) is 102 cm³/mol. The van der Waals surface area contributed by atoms with Gasteiger partial charge in [-0.05, 0) is 47.5 Å². The van der Waals surface area contributed by atoms with Gasteiger partial charge in [0.25, 0.3) is 0 Å². The second-order valence-electron chi connectivity index (χ2n) is 6.75. The molecule has 1 amide bonds. The average molecular weight is 364 g/mol. The molecule has 0 unspecified atom stereocenters. The van der Waals surface area contributed by atoms with Crippen molar-refractivity contribution in [2.45, 2.75) is 13.0 Å². The molecular formula is C22H18F2N2O. The van der Waals surface area contributed by atoms with Crippen LogP contribution in [-0.2, 0) is 17.8 Å². The van der Waals surface area contributed by atoms with E-state index in [0.717, 1.165) is 32.9 Å². The number of aromatic amines is 1. The van der Waals surface area contributed by atoms with Crippen molar-refractivity contribution in [1.82, 2.24) is 9.88 Å². The monoisotopic (exact) mass is 364 g/mol. The number of hydrogen-bond donors (Lipinski definition) is 1. The number of aromatic nitrogens is 1. The van der Waals surface area contributed by atoms with Crippen LogP contribution in [0, 0.1) is 11.6 Å². The van der Waals surface area contributed by atoms with Gasteiger partial charge >= 0.3 is 0 Å². The highest BCUT2D eigenvalue weighted by Gasteiger charge is 2.12. The molecule has 0 atom stereocenters. The molecule has 1 N–H and O–H groups in total. The van der Waals surface area contributed by atoms with Crippen LogP contribution in [0.3, 0.4) is 0 Å². The molecule has 5 heteroatoms. The first-order valence-corrected chi connectivity index (χ1v) is 8.68. The van der Waals surface area contributed by atoms with Gasteiger partial charge < -0.3 is 9.88 Å². The lowest BCUT2D eigenvalue weighted by atomic mass is 10.1. The van der Waals surface area contributed by atoms with Crippen LogP contribution in [0.4, 0.5) is 8.78 Å². The molecule has 3 nitrogen and oxygen atoms in total. The zero-order chi connectivity index (χ0) is 19.0. The van der Waals surface area contributed by atoms with Gasteiger partial charge in [-0.15, -0.1) is 0 Å². The Labute approximate surface area is 155 Å². The van der Waals surface area contributed by atoms with Crippen molar-refractivity contribution in [3.8, 4) is 0 Å². The Hall–Kier alpha value is -3.21. The van der Waals surface area contributed by atoms with Gasteiger partial charge in [0.2, 0.25) is 5.91 Å². The van der Waals surface area contributed by atoms with Crippen molar-refractivity contribution in [2.24, 2.45) is 0 Å². The van der Waals surface area contributed by atoms with Gasteiger partial charge in [-0.2, -0.15) is 0 Å². The fourth-order valence-corrected chi connectivity index (χ4v) is 3.30. The third-order valence-corrected chi connectivity index (χ3v) is 4.74. The summed E-state index contributed by atoms with van der Waals surface area (Å²) in [5.74, 6) is -0.605. The van der Waals surface area contributed by atoms with E-state index in [2.05, 4.69) is 4.98 Å². The number of H-pyrrole nitrogens is 1. The molecule has 136 valence electrons. The first-order valence-electron chi connectivity index (χ1n) is 8.68. The van der Waals surface area contributed by atoms with Crippen molar-refractivity contribution in [2.75, 3.05) is 7.05 Å². The van der Waals surface area contributed by atoms with Gasteiger partial charge in [0.1, 0.15) is 11.6 Å². The van der Waals surface area contributed by atoms with E-state index in [1.54, 1.807) is 30.1 Å². The van der Waals surface area contributed by atoms with Crippen molar-refractivity contribution >= 4 is 27.7 Å². The number of halogens is 2. The van der Waals surface area contributed by atoms with E-state index in [0.29, 0.717) is 6.54 Å². The summed E-state index contributed by atoms with van der Waals surface area (Å²) in [6.45, 7) is 0.424. The number of nitrogens with one attached hydrogen (secondary N) is 1. The number of likely N-dealkylation sites (N-methyl/N-ethyl adjacent to an activating group) is 1. The number of nitrogens with zero attached hydrogens (tertiary/aromatic N) is 1. The minimum Gasteiger partial charge on any atom is -0.354 e. The highest BCUT2D eigenvalue weighted by atomic mass is 19.1. The van der Waals surface area contributed by atoms with Crippen LogP contribution in [-0.4, -0.2) is 22.8 Å². The predicted octanol–water partition coefficient (Wildman–Crippen LogP) is 4.80. The molecule has 0 saturated carbocycles. The Morgan fingerprint density at radius 3 is 2.19 bits per heavy atom. The molecule has 1 aromatic heterocycles. The van der Waals surface area contributed by atoms with Crippen LogP contribution in [0.5, 0.6) is 0 Å². The van der Waals surface area contributed by atoms with E-state index in [-0.39, 0.29) is 24.0 Å². The largest absolute Gasteiger partial charge is 0.354 e. The normalized spacial score (nSPS) is 11.2. The van der Waals surface area contributed by atoms with Gasteiger partial charge in [-0.3, -0.25) is 4.79 Å². The zero-order valence-electron chi connectivity index (χ0n) is 14.8. The first-order chi connectivity index (χ1) is 13.0. The minimum absolute atomic E-state index is 0.0270. The molecule has 0 bridgehead atoms. The first kappa shape index (κ1) is 17.2.